The van der Waals surface area contributed by atoms with E-state index in [4.69, 9.17) is 34.8 Å². The van der Waals surface area contributed by atoms with Gasteiger partial charge in [-0.2, -0.15) is 0 Å². The number of fused-ring (bicyclic) bond motifs is 1. The predicted molar refractivity (Wildman–Crippen MR) is 50.9 cm³/mol. The summed E-state index contributed by atoms with van der Waals surface area (Å²) >= 11 is 16.9. The van der Waals surface area contributed by atoms with Crippen molar-refractivity contribution in [2.75, 3.05) is 0 Å². The molecule has 0 unspecified atom stereocenters. The third-order valence-corrected chi connectivity index (χ3v) is 1.97. The minimum absolute atomic E-state index is 0.244. The fraction of sp³-hybridized carbons (Fsp3) is 0.167. The highest BCUT2D eigenvalue weighted by Gasteiger charge is 2.27. The van der Waals surface area contributed by atoms with Gasteiger partial charge in [-0.1, -0.05) is 34.8 Å². The van der Waals surface area contributed by atoms with Gasteiger partial charge in [0.25, 0.3) is 0 Å². The van der Waals surface area contributed by atoms with E-state index >= 15 is 0 Å². The highest BCUT2D eigenvalue weighted by Crippen LogP contribution is 2.36. The summed E-state index contributed by atoms with van der Waals surface area (Å²) in [4.78, 5) is 14.5. The van der Waals surface area contributed by atoms with Gasteiger partial charge < -0.3 is 4.98 Å². The third kappa shape index (κ3) is 1.70. The fourth-order valence-electron chi connectivity index (χ4n) is 0.896. The average molecular weight is 237 g/mol. The molecule has 0 aliphatic heterocycles. The number of H-pyrrole nitrogens is 1. The lowest BCUT2D eigenvalue weighted by atomic mass is 10.6. The van der Waals surface area contributed by atoms with Crippen LogP contribution in [0.25, 0.3) is 11.2 Å². The second-order valence-electron chi connectivity index (χ2n) is 2.34. The number of alkyl halides is 3. The van der Waals surface area contributed by atoms with Gasteiger partial charge in [0.2, 0.25) is 3.79 Å². The minimum Gasteiger partial charge on any atom is -0.336 e. The normalized spacial score (nSPS) is 12.2. The maximum atomic E-state index is 5.62. The molecule has 0 atom stereocenters. The summed E-state index contributed by atoms with van der Waals surface area (Å²) < 4.78 is -1.55. The molecule has 13 heavy (non-hydrogen) atoms. The zero-order chi connectivity index (χ0) is 9.47. The highest BCUT2D eigenvalue weighted by molar-refractivity contribution is 6.66. The van der Waals surface area contributed by atoms with Crippen LogP contribution in [0.2, 0.25) is 0 Å². The van der Waals surface area contributed by atoms with E-state index in [1.807, 2.05) is 0 Å². The Morgan fingerprint density at radius 2 is 2.08 bits per heavy atom. The number of imidazole rings is 1. The highest BCUT2D eigenvalue weighted by atomic mass is 35.6. The van der Waals surface area contributed by atoms with Crippen molar-refractivity contribution in [2.45, 2.75) is 3.79 Å². The van der Waals surface area contributed by atoms with Crippen LogP contribution < -0.4 is 0 Å². The summed E-state index contributed by atoms with van der Waals surface area (Å²) in [5.41, 5.74) is 1.13. The van der Waals surface area contributed by atoms with Crippen LogP contribution in [0.15, 0.2) is 12.5 Å². The van der Waals surface area contributed by atoms with Crippen molar-refractivity contribution < 1.29 is 0 Å². The average Bonchev–Trinajstić information content (AvgIpc) is 2.45. The second-order valence-corrected chi connectivity index (χ2v) is 4.62. The van der Waals surface area contributed by atoms with E-state index in [0.29, 0.717) is 11.2 Å². The Hall–Kier alpha value is -0.580. The largest absolute Gasteiger partial charge is 0.336 e. The topological polar surface area (TPSA) is 54.5 Å². The van der Waals surface area contributed by atoms with Gasteiger partial charge >= 0.3 is 0 Å². The van der Waals surface area contributed by atoms with Crippen LogP contribution in [-0.2, 0) is 3.79 Å². The van der Waals surface area contributed by atoms with Crippen LogP contribution >= 0.6 is 34.8 Å². The lowest BCUT2D eigenvalue weighted by Gasteiger charge is -2.04. The molecule has 0 spiro atoms. The molecule has 2 heterocycles. The lowest BCUT2D eigenvalue weighted by molar-refractivity contribution is 1.04. The van der Waals surface area contributed by atoms with Crippen LogP contribution in [0, 0.1) is 0 Å². The first-order valence-electron chi connectivity index (χ1n) is 3.30. The van der Waals surface area contributed by atoms with Gasteiger partial charge in [-0.25, -0.2) is 15.0 Å². The molecule has 0 bridgehead atoms. The molecule has 0 aromatic carbocycles. The fourth-order valence-corrected chi connectivity index (χ4v) is 1.16. The number of aromatic nitrogens is 4. The standard InChI is InChI=1S/C6H3Cl3N4/c7-6(8,9)5-12-3-1-10-2-11-4(3)13-5/h1-2H,(H,10,11,12,13). The zero-order valence-corrected chi connectivity index (χ0v) is 8.40. The summed E-state index contributed by atoms with van der Waals surface area (Å²) in [6.07, 6.45) is 2.95. The molecule has 2 rings (SSSR count). The lowest BCUT2D eigenvalue weighted by Crippen LogP contribution is -2.02. The Bertz CT molecular complexity index is 400. The minimum atomic E-state index is -1.55. The molecule has 0 aliphatic rings. The Labute approximate surface area is 88.3 Å². The van der Waals surface area contributed by atoms with Crippen molar-refractivity contribution in [3.05, 3.63) is 18.3 Å². The third-order valence-electron chi connectivity index (χ3n) is 1.43. The number of rotatable bonds is 0. The van der Waals surface area contributed by atoms with Crippen molar-refractivity contribution in [3.63, 3.8) is 0 Å². The van der Waals surface area contributed by atoms with Gasteiger partial charge in [-0.05, 0) is 0 Å². The Morgan fingerprint density at radius 3 is 2.69 bits per heavy atom. The van der Waals surface area contributed by atoms with E-state index < -0.39 is 3.79 Å². The van der Waals surface area contributed by atoms with Crippen molar-refractivity contribution in [2.24, 2.45) is 0 Å². The van der Waals surface area contributed by atoms with E-state index in [2.05, 4.69) is 19.9 Å². The van der Waals surface area contributed by atoms with Gasteiger partial charge in [0.05, 0.1) is 6.20 Å². The van der Waals surface area contributed by atoms with Crippen molar-refractivity contribution in [1.29, 1.82) is 0 Å². The first kappa shape index (κ1) is 8.99. The number of nitrogens with zero attached hydrogens (tertiary/aromatic N) is 3. The molecule has 0 fully saturated rings. The SMILES string of the molecule is ClC(Cl)(Cl)c1nc2ncncc2[nH]1. The summed E-state index contributed by atoms with van der Waals surface area (Å²) in [5, 5.41) is 0. The number of hydrogen-bond acceptors (Lipinski definition) is 3. The van der Waals surface area contributed by atoms with Crippen LogP contribution in [0.3, 0.4) is 0 Å². The van der Waals surface area contributed by atoms with Gasteiger partial charge in [0.1, 0.15) is 11.8 Å². The molecular formula is C6H3Cl3N4. The van der Waals surface area contributed by atoms with Gasteiger partial charge in [-0.15, -0.1) is 0 Å². The maximum absolute atomic E-state index is 5.62. The Morgan fingerprint density at radius 1 is 1.31 bits per heavy atom. The van der Waals surface area contributed by atoms with Crippen LogP contribution in [0.4, 0.5) is 0 Å². The number of aromatic amines is 1. The zero-order valence-electron chi connectivity index (χ0n) is 6.13. The molecular weight excluding hydrogens is 234 g/mol. The summed E-state index contributed by atoms with van der Waals surface area (Å²) in [6.45, 7) is 0. The molecule has 68 valence electrons. The molecule has 2 aromatic heterocycles. The Balaban J connectivity index is 2.63. The molecule has 0 saturated carbocycles. The maximum Gasteiger partial charge on any atom is 0.248 e. The number of halogens is 3. The van der Waals surface area contributed by atoms with E-state index in [1.54, 1.807) is 6.20 Å². The summed E-state index contributed by atoms with van der Waals surface area (Å²) in [5.74, 6) is 0.244. The monoisotopic (exact) mass is 236 g/mol. The second kappa shape index (κ2) is 2.97. The van der Waals surface area contributed by atoms with Gasteiger partial charge in [0, 0.05) is 0 Å². The molecule has 0 amide bonds. The van der Waals surface area contributed by atoms with Gasteiger partial charge in [-0.3, -0.25) is 0 Å². The molecule has 4 nitrogen and oxygen atoms in total. The number of hydrogen-bond donors (Lipinski definition) is 1. The summed E-state index contributed by atoms with van der Waals surface area (Å²) in [6, 6.07) is 0. The van der Waals surface area contributed by atoms with Crippen molar-refractivity contribution in [1.82, 2.24) is 19.9 Å². The van der Waals surface area contributed by atoms with Crippen LogP contribution in [0.5, 0.6) is 0 Å². The first-order chi connectivity index (χ1) is 6.07. The van der Waals surface area contributed by atoms with E-state index in [9.17, 15) is 0 Å². The molecule has 1 N–H and O–H groups in total. The molecule has 0 saturated heterocycles. The van der Waals surface area contributed by atoms with E-state index in [-0.39, 0.29) is 5.82 Å². The molecule has 0 aliphatic carbocycles. The molecule has 7 heteroatoms. The van der Waals surface area contributed by atoms with Gasteiger partial charge in [0.15, 0.2) is 11.5 Å². The Kier molecular flexibility index (Phi) is 2.06. The van der Waals surface area contributed by atoms with Crippen LogP contribution in [0.1, 0.15) is 5.82 Å². The molecule has 2 aromatic rings. The van der Waals surface area contributed by atoms with E-state index in [1.165, 1.54) is 6.33 Å². The van der Waals surface area contributed by atoms with Crippen molar-refractivity contribution in [3.8, 4) is 0 Å². The molecule has 0 radical (unpaired) electrons. The smallest absolute Gasteiger partial charge is 0.248 e. The van der Waals surface area contributed by atoms with Crippen LogP contribution in [-0.4, -0.2) is 19.9 Å². The first-order valence-corrected chi connectivity index (χ1v) is 4.43. The van der Waals surface area contributed by atoms with Crippen molar-refractivity contribution >= 4 is 46.0 Å². The quantitative estimate of drug-likeness (QED) is 0.715. The number of nitrogens with one attached hydrogen (secondary N) is 1. The predicted octanol–water partition coefficient (Wildman–Crippen LogP) is 2.18. The van der Waals surface area contributed by atoms with E-state index in [0.717, 1.165) is 0 Å². The summed E-state index contributed by atoms with van der Waals surface area (Å²) in [7, 11) is 0.